The summed E-state index contributed by atoms with van der Waals surface area (Å²) in [6.07, 6.45) is 1.90. The van der Waals surface area contributed by atoms with Gasteiger partial charge in [0.05, 0.1) is 25.7 Å². The van der Waals surface area contributed by atoms with Gasteiger partial charge in [-0.1, -0.05) is 22.0 Å². The molecule has 3 heterocycles. The second-order valence-corrected chi connectivity index (χ2v) is 7.95. The van der Waals surface area contributed by atoms with E-state index >= 15 is 0 Å². The number of rotatable bonds is 5. The number of halogens is 1. The number of nitrogens with one attached hydrogen (secondary N) is 1. The van der Waals surface area contributed by atoms with Crippen molar-refractivity contribution in [1.29, 1.82) is 0 Å². The fourth-order valence-corrected chi connectivity index (χ4v) is 3.92. The number of ether oxygens (including phenoxy) is 1. The van der Waals surface area contributed by atoms with Crippen molar-refractivity contribution in [1.82, 2.24) is 15.3 Å². The molecule has 2 amide bonds. The van der Waals surface area contributed by atoms with Crippen molar-refractivity contribution in [3.63, 3.8) is 0 Å². The van der Waals surface area contributed by atoms with E-state index in [1.54, 1.807) is 11.1 Å². The van der Waals surface area contributed by atoms with Crippen LogP contribution in [0, 0.1) is 5.92 Å². The minimum Gasteiger partial charge on any atom is -0.378 e. The number of morpholine rings is 1. The van der Waals surface area contributed by atoms with Gasteiger partial charge in [0.2, 0.25) is 11.8 Å². The van der Waals surface area contributed by atoms with Crippen LogP contribution in [0.2, 0.25) is 0 Å². The summed E-state index contributed by atoms with van der Waals surface area (Å²) in [5, 5.41) is 2.88. The van der Waals surface area contributed by atoms with E-state index in [0.29, 0.717) is 25.6 Å². The molecular formula is C20H22BrN5O3. The van der Waals surface area contributed by atoms with E-state index in [4.69, 9.17) is 4.74 Å². The van der Waals surface area contributed by atoms with Crippen LogP contribution in [0.5, 0.6) is 0 Å². The number of hydrogen-bond donors (Lipinski definition) is 1. The first kappa shape index (κ1) is 19.8. The number of benzene rings is 1. The largest absolute Gasteiger partial charge is 0.378 e. The summed E-state index contributed by atoms with van der Waals surface area (Å²) in [6.45, 7) is 3.55. The third kappa shape index (κ3) is 4.73. The maximum absolute atomic E-state index is 12.6. The summed E-state index contributed by atoms with van der Waals surface area (Å²) in [4.78, 5) is 37.6. The Kier molecular flexibility index (Phi) is 6.05. The zero-order valence-corrected chi connectivity index (χ0v) is 17.5. The van der Waals surface area contributed by atoms with Crippen LogP contribution >= 0.6 is 15.9 Å². The first-order chi connectivity index (χ1) is 14.1. The average molecular weight is 460 g/mol. The minimum absolute atomic E-state index is 0.0474. The molecule has 1 N–H and O–H groups in total. The van der Waals surface area contributed by atoms with E-state index in [1.165, 1.54) is 0 Å². The maximum atomic E-state index is 12.6. The molecule has 1 aromatic heterocycles. The van der Waals surface area contributed by atoms with Crippen molar-refractivity contribution in [2.24, 2.45) is 5.92 Å². The number of anilines is 2. The van der Waals surface area contributed by atoms with Crippen molar-refractivity contribution in [2.75, 3.05) is 42.6 Å². The van der Waals surface area contributed by atoms with Crippen LogP contribution in [0.1, 0.15) is 12.2 Å². The van der Waals surface area contributed by atoms with Crippen LogP contribution in [0.25, 0.3) is 0 Å². The van der Waals surface area contributed by atoms with Gasteiger partial charge in [-0.15, -0.1) is 0 Å². The summed E-state index contributed by atoms with van der Waals surface area (Å²) in [5.74, 6) is 0.800. The summed E-state index contributed by atoms with van der Waals surface area (Å²) in [5.41, 5.74) is 0.793. The zero-order chi connectivity index (χ0) is 20.2. The summed E-state index contributed by atoms with van der Waals surface area (Å²) in [7, 11) is 0. The lowest BCUT2D eigenvalue weighted by Crippen LogP contribution is -2.37. The lowest BCUT2D eigenvalue weighted by molar-refractivity contribution is -0.126. The molecule has 0 spiro atoms. The summed E-state index contributed by atoms with van der Waals surface area (Å²) < 4.78 is 6.26. The van der Waals surface area contributed by atoms with E-state index in [2.05, 4.69) is 36.1 Å². The maximum Gasteiger partial charge on any atom is 0.227 e. The van der Waals surface area contributed by atoms with Crippen LogP contribution in [-0.2, 0) is 20.9 Å². The predicted molar refractivity (Wildman–Crippen MR) is 112 cm³/mol. The van der Waals surface area contributed by atoms with Gasteiger partial charge in [-0.2, -0.15) is 0 Å². The standard InChI is InChI=1S/C20H22BrN5O3/c21-15-2-1-3-16(11-15)26-13-14(10-19(26)27)20(28)23-12-17-22-5-4-18(24-17)25-6-8-29-9-7-25/h1-5,11,14H,6-10,12-13H2,(H,23,28). The van der Waals surface area contributed by atoms with Crippen LogP contribution < -0.4 is 15.1 Å². The fraction of sp³-hybridized carbons (Fsp3) is 0.400. The summed E-state index contributed by atoms with van der Waals surface area (Å²) in [6, 6.07) is 9.39. The molecule has 0 saturated carbocycles. The van der Waals surface area contributed by atoms with Gasteiger partial charge in [0, 0.05) is 42.4 Å². The highest BCUT2D eigenvalue weighted by Crippen LogP contribution is 2.27. The van der Waals surface area contributed by atoms with Gasteiger partial charge in [-0.05, 0) is 24.3 Å². The highest BCUT2D eigenvalue weighted by molar-refractivity contribution is 9.10. The number of nitrogens with zero attached hydrogens (tertiary/aromatic N) is 4. The van der Waals surface area contributed by atoms with Crippen LogP contribution in [-0.4, -0.2) is 54.6 Å². The third-order valence-electron chi connectivity index (χ3n) is 5.06. The average Bonchev–Trinajstić information content (AvgIpc) is 3.15. The molecule has 4 rings (SSSR count). The van der Waals surface area contributed by atoms with Gasteiger partial charge < -0.3 is 19.9 Å². The van der Waals surface area contributed by atoms with Crippen LogP contribution in [0.4, 0.5) is 11.5 Å². The molecule has 2 aliphatic rings. The normalized spacial score (nSPS) is 19.5. The van der Waals surface area contributed by atoms with E-state index in [0.717, 1.165) is 29.1 Å². The van der Waals surface area contributed by atoms with Gasteiger partial charge in [0.1, 0.15) is 11.6 Å². The molecule has 29 heavy (non-hydrogen) atoms. The first-order valence-corrected chi connectivity index (χ1v) is 10.4. The highest BCUT2D eigenvalue weighted by Gasteiger charge is 2.35. The summed E-state index contributed by atoms with van der Waals surface area (Å²) >= 11 is 3.42. The topological polar surface area (TPSA) is 87.7 Å². The lowest BCUT2D eigenvalue weighted by atomic mass is 10.1. The quantitative estimate of drug-likeness (QED) is 0.732. The molecule has 0 bridgehead atoms. The Morgan fingerprint density at radius 1 is 1.28 bits per heavy atom. The Bertz CT molecular complexity index is 903. The molecule has 0 radical (unpaired) electrons. The monoisotopic (exact) mass is 459 g/mol. The van der Waals surface area contributed by atoms with Crippen molar-refractivity contribution < 1.29 is 14.3 Å². The molecule has 152 valence electrons. The highest BCUT2D eigenvalue weighted by atomic mass is 79.9. The molecule has 2 saturated heterocycles. The first-order valence-electron chi connectivity index (χ1n) is 9.58. The van der Waals surface area contributed by atoms with Gasteiger partial charge in [0.15, 0.2) is 0 Å². The van der Waals surface area contributed by atoms with E-state index < -0.39 is 0 Å². The molecule has 1 atom stereocenters. The lowest BCUT2D eigenvalue weighted by Gasteiger charge is -2.27. The molecule has 2 fully saturated rings. The van der Waals surface area contributed by atoms with Crippen molar-refractivity contribution in [3.05, 3.63) is 46.8 Å². The number of carbonyl (C=O) groups excluding carboxylic acids is 2. The smallest absolute Gasteiger partial charge is 0.227 e. The molecular weight excluding hydrogens is 438 g/mol. The minimum atomic E-state index is -0.385. The molecule has 2 aliphatic heterocycles. The van der Waals surface area contributed by atoms with Crippen LogP contribution in [0.15, 0.2) is 41.0 Å². The van der Waals surface area contributed by atoms with E-state index in [-0.39, 0.29) is 30.7 Å². The van der Waals surface area contributed by atoms with E-state index in [1.807, 2.05) is 30.3 Å². The van der Waals surface area contributed by atoms with Gasteiger partial charge >= 0.3 is 0 Å². The molecule has 9 heteroatoms. The number of carbonyl (C=O) groups is 2. The fourth-order valence-electron chi connectivity index (χ4n) is 3.53. The Morgan fingerprint density at radius 2 is 2.10 bits per heavy atom. The van der Waals surface area contributed by atoms with Crippen molar-refractivity contribution in [3.8, 4) is 0 Å². The molecule has 2 aromatic rings. The van der Waals surface area contributed by atoms with E-state index in [9.17, 15) is 9.59 Å². The van der Waals surface area contributed by atoms with Gasteiger partial charge in [-0.3, -0.25) is 9.59 Å². The third-order valence-corrected chi connectivity index (χ3v) is 5.56. The predicted octanol–water partition coefficient (Wildman–Crippen LogP) is 1.75. The second-order valence-electron chi connectivity index (χ2n) is 7.03. The Labute approximate surface area is 177 Å². The zero-order valence-electron chi connectivity index (χ0n) is 15.9. The molecule has 1 aromatic carbocycles. The Hall–Kier alpha value is -2.52. The second kappa shape index (κ2) is 8.87. The van der Waals surface area contributed by atoms with Crippen molar-refractivity contribution in [2.45, 2.75) is 13.0 Å². The molecule has 1 unspecified atom stereocenters. The number of amides is 2. The molecule has 0 aliphatic carbocycles. The Balaban J connectivity index is 1.35. The van der Waals surface area contributed by atoms with Crippen molar-refractivity contribution >= 4 is 39.2 Å². The SMILES string of the molecule is O=C(NCc1nccc(N2CCOCC2)n1)C1CC(=O)N(c2cccc(Br)c2)C1. The van der Waals surface area contributed by atoms with Gasteiger partial charge in [0.25, 0.3) is 0 Å². The number of hydrogen-bond acceptors (Lipinski definition) is 6. The van der Waals surface area contributed by atoms with Gasteiger partial charge in [-0.25, -0.2) is 9.97 Å². The Morgan fingerprint density at radius 3 is 2.90 bits per heavy atom. The number of aromatic nitrogens is 2. The van der Waals surface area contributed by atoms with Crippen LogP contribution in [0.3, 0.4) is 0 Å². The molecule has 8 nitrogen and oxygen atoms in total.